The fourth-order valence-electron chi connectivity index (χ4n) is 2.09. The lowest BCUT2D eigenvalue weighted by Crippen LogP contribution is -2.15. The van der Waals surface area contributed by atoms with Gasteiger partial charge in [-0.25, -0.2) is 4.39 Å². The second-order valence-electron chi connectivity index (χ2n) is 4.79. The summed E-state index contributed by atoms with van der Waals surface area (Å²) in [6.45, 7) is 1.97. The molecule has 0 radical (unpaired) electrons. The summed E-state index contributed by atoms with van der Waals surface area (Å²) in [6.07, 6.45) is 0. The molecule has 2 rings (SSSR count). The van der Waals surface area contributed by atoms with E-state index in [-0.39, 0.29) is 34.4 Å². The molecule has 0 aliphatic carbocycles. The van der Waals surface area contributed by atoms with Crippen molar-refractivity contribution in [3.8, 4) is 11.5 Å². The lowest BCUT2D eigenvalue weighted by molar-refractivity contribution is -0.385. The van der Waals surface area contributed by atoms with Gasteiger partial charge in [0.05, 0.1) is 30.4 Å². The molecule has 2 aromatic rings. The number of carbonyl (C=O) groups excluding carboxylic acids is 1. The monoisotopic (exact) mass is 368 g/mol. The van der Waals surface area contributed by atoms with Crippen molar-refractivity contribution in [2.45, 2.75) is 6.92 Å². The van der Waals surface area contributed by atoms with Crippen molar-refractivity contribution in [3.63, 3.8) is 0 Å². The zero-order chi connectivity index (χ0) is 18.6. The third-order valence-electron chi connectivity index (χ3n) is 3.20. The van der Waals surface area contributed by atoms with Crippen molar-refractivity contribution in [3.05, 3.63) is 56.8 Å². The van der Waals surface area contributed by atoms with E-state index >= 15 is 0 Å². The van der Waals surface area contributed by atoms with E-state index in [1.165, 1.54) is 25.3 Å². The third kappa shape index (κ3) is 4.16. The second kappa shape index (κ2) is 7.80. The normalized spacial score (nSPS) is 10.2. The Morgan fingerprint density at radius 1 is 1.32 bits per heavy atom. The first-order valence-corrected chi connectivity index (χ1v) is 7.50. The Morgan fingerprint density at radius 3 is 2.64 bits per heavy atom. The van der Waals surface area contributed by atoms with Crippen LogP contribution in [0.1, 0.15) is 17.3 Å². The van der Waals surface area contributed by atoms with Crippen LogP contribution in [0.3, 0.4) is 0 Å². The van der Waals surface area contributed by atoms with Crippen LogP contribution in [0.2, 0.25) is 5.02 Å². The van der Waals surface area contributed by atoms with E-state index in [1.807, 2.05) is 0 Å². The number of nitrogens with zero attached hydrogens (tertiary/aromatic N) is 1. The summed E-state index contributed by atoms with van der Waals surface area (Å²) < 4.78 is 24.1. The van der Waals surface area contributed by atoms with Crippen LogP contribution in [0, 0.1) is 15.9 Å². The van der Waals surface area contributed by atoms with Crippen LogP contribution in [0.15, 0.2) is 30.3 Å². The van der Waals surface area contributed by atoms with Gasteiger partial charge in [-0.15, -0.1) is 0 Å². The van der Waals surface area contributed by atoms with Gasteiger partial charge in [0.25, 0.3) is 11.6 Å². The maximum absolute atomic E-state index is 13.8. The van der Waals surface area contributed by atoms with Gasteiger partial charge in [-0.3, -0.25) is 14.9 Å². The Hall–Kier alpha value is -2.87. The molecule has 0 unspecified atom stereocenters. The van der Waals surface area contributed by atoms with Gasteiger partial charge in [0, 0.05) is 11.1 Å². The topological polar surface area (TPSA) is 90.7 Å². The number of anilines is 1. The van der Waals surface area contributed by atoms with E-state index in [0.29, 0.717) is 0 Å². The van der Waals surface area contributed by atoms with Crippen LogP contribution in [-0.4, -0.2) is 24.5 Å². The molecule has 0 saturated carbocycles. The van der Waals surface area contributed by atoms with Gasteiger partial charge in [0.2, 0.25) is 0 Å². The molecule has 0 fully saturated rings. The summed E-state index contributed by atoms with van der Waals surface area (Å²) in [6, 6.07) is 5.85. The first kappa shape index (κ1) is 18.5. The van der Waals surface area contributed by atoms with Crippen molar-refractivity contribution >= 4 is 28.9 Å². The Morgan fingerprint density at radius 2 is 2.04 bits per heavy atom. The summed E-state index contributed by atoms with van der Waals surface area (Å²) >= 11 is 5.77. The molecule has 0 bridgehead atoms. The van der Waals surface area contributed by atoms with E-state index < -0.39 is 22.3 Å². The number of nitrogens with one attached hydrogen (secondary N) is 1. The molecule has 0 aliphatic rings. The third-order valence-corrected chi connectivity index (χ3v) is 3.43. The highest BCUT2D eigenvalue weighted by Crippen LogP contribution is 2.35. The number of halogens is 2. The molecule has 1 amide bonds. The Kier molecular flexibility index (Phi) is 5.76. The number of carbonyl (C=O) groups is 1. The van der Waals surface area contributed by atoms with E-state index in [1.54, 1.807) is 6.92 Å². The molecule has 2 aromatic carbocycles. The predicted octanol–water partition coefficient (Wildman–Crippen LogP) is 4.05. The van der Waals surface area contributed by atoms with Gasteiger partial charge in [-0.1, -0.05) is 11.6 Å². The molecular weight excluding hydrogens is 355 g/mol. The number of nitro benzene ring substituents is 1. The minimum atomic E-state index is -0.878. The Labute approximate surface area is 147 Å². The van der Waals surface area contributed by atoms with Crippen LogP contribution in [0.5, 0.6) is 11.5 Å². The summed E-state index contributed by atoms with van der Waals surface area (Å²) in [5.74, 6) is -1.33. The highest BCUT2D eigenvalue weighted by molar-refractivity contribution is 6.31. The maximum Gasteiger partial charge on any atom is 0.286 e. The summed E-state index contributed by atoms with van der Waals surface area (Å²) in [4.78, 5) is 23.0. The number of hydrogen-bond donors (Lipinski definition) is 1. The van der Waals surface area contributed by atoms with Crippen molar-refractivity contribution in [1.82, 2.24) is 0 Å². The van der Waals surface area contributed by atoms with Gasteiger partial charge >= 0.3 is 0 Å². The highest BCUT2D eigenvalue weighted by atomic mass is 35.5. The average Bonchev–Trinajstić information content (AvgIpc) is 2.57. The summed E-state index contributed by atoms with van der Waals surface area (Å²) in [5, 5.41) is 13.7. The first-order valence-electron chi connectivity index (χ1n) is 7.13. The van der Waals surface area contributed by atoms with Crippen LogP contribution in [-0.2, 0) is 0 Å². The van der Waals surface area contributed by atoms with Gasteiger partial charge < -0.3 is 14.8 Å². The SMILES string of the molecule is CCOc1cc(C(=O)Nc2cc(Cl)ccc2F)c([N+](=O)[O-])cc1OC. The molecule has 25 heavy (non-hydrogen) atoms. The number of ether oxygens (including phenoxy) is 2. The van der Waals surface area contributed by atoms with Crippen LogP contribution >= 0.6 is 11.6 Å². The van der Waals surface area contributed by atoms with Gasteiger partial charge in [-0.2, -0.15) is 0 Å². The van der Waals surface area contributed by atoms with Crippen LogP contribution in [0.25, 0.3) is 0 Å². The molecule has 9 heteroatoms. The number of hydrogen-bond acceptors (Lipinski definition) is 5. The molecule has 0 spiro atoms. The van der Waals surface area contributed by atoms with Crippen molar-refractivity contribution in [1.29, 1.82) is 0 Å². The predicted molar refractivity (Wildman–Crippen MR) is 90.2 cm³/mol. The number of benzene rings is 2. The maximum atomic E-state index is 13.8. The molecule has 0 aliphatic heterocycles. The highest BCUT2D eigenvalue weighted by Gasteiger charge is 2.25. The Bertz CT molecular complexity index is 828. The van der Waals surface area contributed by atoms with E-state index in [9.17, 15) is 19.3 Å². The number of rotatable bonds is 6. The molecule has 0 saturated heterocycles. The van der Waals surface area contributed by atoms with Crippen LogP contribution in [0.4, 0.5) is 15.8 Å². The standard InChI is InChI=1S/C16H14ClFN2O5/c1-3-25-15-7-10(13(20(22)23)8-14(15)24-2)16(21)19-12-6-9(17)4-5-11(12)18/h4-8H,3H2,1-2H3,(H,19,21). The molecule has 0 heterocycles. The lowest BCUT2D eigenvalue weighted by atomic mass is 10.1. The fraction of sp³-hybridized carbons (Fsp3) is 0.188. The number of amides is 1. The number of nitro groups is 1. The van der Waals surface area contributed by atoms with Crippen molar-refractivity contribution < 1.29 is 23.6 Å². The van der Waals surface area contributed by atoms with Crippen LogP contribution < -0.4 is 14.8 Å². The van der Waals surface area contributed by atoms with Crippen molar-refractivity contribution in [2.24, 2.45) is 0 Å². The smallest absolute Gasteiger partial charge is 0.286 e. The van der Waals surface area contributed by atoms with E-state index in [4.69, 9.17) is 21.1 Å². The Balaban J connectivity index is 2.48. The molecule has 0 atom stereocenters. The number of methoxy groups -OCH3 is 1. The van der Waals surface area contributed by atoms with Gasteiger partial charge in [-0.05, 0) is 25.1 Å². The molecule has 1 N–H and O–H groups in total. The largest absolute Gasteiger partial charge is 0.493 e. The first-order chi connectivity index (χ1) is 11.9. The minimum Gasteiger partial charge on any atom is -0.493 e. The molecule has 132 valence electrons. The van der Waals surface area contributed by atoms with E-state index in [2.05, 4.69) is 5.32 Å². The minimum absolute atomic E-state index is 0.110. The van der Waals surface area contributed by atoms with Gasteiger partial charge in [0.15, 0.2) is 11.5 Å². The quantitative estimate of drug-likeness (QED) is 0.613. The molecule has 7 nitrogen and oxygen atoms in total. The fourth-order valence-corrected chi connectivity index (χ4v) is 2.26. The molecule has 0 aromatic heterocycles. The van der Waals surface area contributed by atoms with E-state index in [0.717, 1.165) is 12.1 Å². The zero-order valence-corrected chi connectivity index (χ0v) is 14.1. The van der Waals surface area contributed by atoms with Gasteiger partial charge in [0.1, 0.15) is 11.4 Å². The summed E-state index contributed by atoms with van der Waals surface area (Å²) in [7, 11) is 1.32. The average molecular weight is 369 g/mol. The second-order valence-corrected chi connectivity index (χ2v) is 5.23. The van der Waals surface area contributed by atoms with Crippen molar-refractivity contribution in [2.75, 3.05) is 19.0 Å². The zero-order valence-electron chi connectivity index (χ0n) is 13.3. The summed E-state index contributed by atoms with van der Waals surface area (Å²) in [5.41, 5.74) is -0.991. The molecular formula is C16H14ClFN2O5. The lowest BCUT2D eigenvalue weighted by Gasteiger charge is -2.12.